The minimum Gasteiger partial charge on any atom is -0.330 e. The van der Waals surface area contributed by atoms with Crippen LogP contribution in [-0.2, 0) is 19.6 Å². The number of thiophene rings is 1. The van der Waals surface area contributed by atoms with Crippen LogP contribution in [0.25, 0.3) is 11.0 Å². The van der Waals surface area contributed by atoms with Gasteiger partial charge in [0.2, 0.25) is 0 Å². The second-order valence-corrected chi connectivity index (χ2v) is 11.2. The standard InChI is InChI=1S/C30H35ClN4OS/c1-2-3-18-34(30(36)29-25(31)15-19-37-29)22-28-32-26-13-7-8-14-27(26)35(28)21-24-12-6-5-11-23(24)20-33-16-9-4-10-17-33/h5-8,11-15,19H,2-4,9-10,16-18,20-22H2,1H3. The summed E-state index contributed by atoms with van der Waals surface area (Å²) in [4.78, 5) is 23.6. The van der Waals surface area contributed by atoms with Crippen LogP contribution in [0, 0.1) is 0 Å². The van der Waals surface area contributed by atoms with Crippen molar-refractivity contribution in [3.8, 4) is 0 Å². The minimum absolute atomic E-state index is 0.0162. The molecule has 0 saturated carbocycles. The molecule has 1 aliphatic heterocycles. The Labute approximate surface area is 228 Å². The van der Waals surface area contributed by atoms with Gasteiger partial charge in [0.1, 0.15) is 10.7 Å². The van der Waals surface area contributed by atoms with E-state index in [9.17, 15) is 4.79 Å². The largest absolute Gasteiger partial charge is 0.330 e. The number of para-hydroxylation sites is 2. The molecule has 0 spiro atoms. The fraction of sp³-hybridized carbons (Fsp3) is 0.400. The maximum atomic E-state index is 13.5. The summed E-state index contributed by atoms with van der Waals surface area (Å²) in [6.45, 7) is 7.34. The number of carbonyl (C=O) groups is 1. The monoisotopic (exact) mass is 534 g/mol. The third kappa shape index (κ3) is 6.08. The number of rotatable bonds is 10. The number of likely N-dealkylation sites (tertiary alicyclic amines) is 1. The van der Waals surface area contributed by atoms with Crippen LogP contribution >= 0.6 is 22.9 Å². The van der Waals surface area contributed by atoms with Crippen LogP contribution in [0.2, 0.25) is 5.02 Å². The van der Waals surface area contributed by atoms with E-state index in [2.05, 4.69) is 58.9 Å². The summed E-state index contributed by atoms with van der Waals surface area (Å²) < 4.78 is 2.30. The summed E-state index contributed by atoms with van der Waals surface area (Å²) in [7, 11) is 0. The van der Waals surface area contributed by atoms with Gasteiger partial charge in [-0.05, 0) is 67.1 Å². The Kier molecular flexibility index (Phi) is 8.59. The molecule has 2 aromatic carbocycles. The van der Waals surface area contributed by atoms with Crippen LogP contribution in [0.15, 0.2) is 60.0 Å². The molecule has 0 unspecified atom stereocenters. The first kappa shape index (κ1) is 26.0. The van der Waals surface area contributed by atoms with E-state index in [4.69, 9.17) is 16.6 Å². The Balaban J connectivity index is 1.47. The van der Waals surface area contributed by atoms with Gasteiger partial charge in [-0.2, -0.15) is 0 Å². The van der Waals surface area contributed by atoms with Crippen LogP contribution in [0.3, 0.4) is 0 Å². The summed E-state index contributed by atoms with van der Waals surface area (Å²) in [5.41, 5.74) is 4.74. The molecular weight excluding hydrogens is 500 g/mol. The van der Waals surface area contributed by atoms with Crippen molar-refractivity contribution in [1.82, 2.24) is 19.4 Å². The van der Waals surface area contributed by atoms with E-state index in [1.807, 2.05) is 16.3 Å². The quantitative estimate of drug-likeness (QED) is 0.215. The smallest absolute Gasteiger partial charge is 0.265 e. The molecule has 37 heavy (non-hydrogen) atoms. The van der Waals surface area contributed by atoms with Crippen LogP contribution in [0.4, 0.5) is 0 Å². The maximum absolute atomic E-state index is 13.5. The number of hydrogen-bond donors (Lipinski definition) is 0. The molecule has 4 aromatic rings. The summed E-state index contributed by atoms with van der Waals surface area (Å²) >= 11 is 7.76. The number of piperidine rings is 1. The Morgan fingerprint density at radius 3 is 2.46 bits per heavy atom. The van der Waals surface area contributed by atoms with E-state index < -0.39 is 0 Å². The van der Waals surface area contributed by atoms with Gasteiger partial charge in [0.25, 0.3) is 5.91 Å². The zero-order chi connectivity index (χ0) is 25.6. The predicted molar refractivity (Wildman–Crippen MR) is 153 cm³/mol. The van der Waals surface area contributed by atoms with Crippen molar-refractivity contribution in [2.45, 2.75) is 58.7 Å². The summed E-state index contributed by atoms with van der Waals surface area (Å²) in [5.74, 6) is 0.892. The van der Waals surface area contributed by atoms with Crippen LogP contribution < -0.4 is 0 Å². The zero-order valence-electron chi connectivity index (χ0n) is 21.5. The molecule has 0 aliphatic carbocycles. The molecule has 0 bridgehead atoms. The number of hydrogen-bond acceptors (Lipinski definition) is 4. The lowest BCUT2D eigenvalue weighted by Gasteiger charge is -2.27. The van der Waals surface area contributed by atoms with Crippen molar-refractivity contribution < 1.29 is 4.79 Å². The van der Waals surface area contributed by atoms with Crippen molar-refractivity contribution in [3.05, 3.63) is 86.8 Å². The number of carbonyl (C=O) groups excluding carboxylic acids is 1. The van der Waals surface area contributed by atoms with Gasteiger partial charge >= 0.3 is 0 Å². The molecule has 0 atom stereocenters. The van der Waals surface area contributed by atoms with E-state index in [1.54, 1.807) is 6.07 Å². The topological polar surface area (TPSA) is 41.4 Å². The molecule has 5 rings (SSSR count). The molecule has 0 N–H and O–H groups in total. The fourth-order valence-corrected chi connectivity index (χ4v) is 6.28. The molecule has 1 saturated heterocycles. The van der Waals surface area contributed by atoms with E-state index in [-0.39, 0.29) is 5.91 Å². The van der Waals surface area contributed by atoms with Crippen molar-refractivity contribution in [1.29, 1.82) is 0 Å². The number of nitrogens with zero attached hydrogens (tertiary/aromatic N) is 4. The van der Waals surface area contributed by atoms with Gasteiger partial charge in [0.05, 0.1) is 22.6 Å². The highest BCUT2D eigenvalue weighted by molar-refractivity contribution is 7.12. The highest BCUT2D eigenvalue weighted by atomic mass is 35.5. The van der Waals surface area contributed by atoms with Crippen molar-refractivity contribution in [2.75, 3.05) is 19.6 Å². The molecule has 1 aliphatic rings. The van der Waals surface area contributed by atoms with Crippen molar-refractivity contribution >= 4 is 39.9 Å². The van der Waals surface area contributed by atoms with Gasteiger partial charge in [-0.25, -0.2) is 4.98 Å². The third-order valence-corrected chi connectivity index (χ3v) is 8.57. The van der Waals surface area contributed by atoms with Crippen LogP contribution in [-0.4, -0.2) is 44.9 Å². The van der Waals surface area contributed by atoms with Crippen LogP contribution in [0.5, 0.6) is 0 Å². The van der Waals surface area contributed by atoms with Gasteiger partial charge in [0.15, 0.2) is 0 Å². The number of imidazole rings is 1. The van der Waals surface area contributed by atoms with Crippen molar-refractivity contribution in [2.24, 2.45) is 0 Å². The van der Waals surface area contributed by atoms with E-state index in [0.29, 0.717) is 23.0 Å². The first-order valence-corrected chi connectivity index (χ1v) is 14.7. The van der Waals surface area contributed by atoms with E-state index in [0.717, 1.165) is 42.8 Å². The number of amides is 1. The normalized spacial score (nSPS) is 14.3. The number of benzene rings is 2. The van der Waals surface area contributed by atoms with E-state index >= 15 is 0 Å². The Bertz CT molecular complexity index is 1340. The van der Waals surface area contributed by atoms with Gasteiger partial charge in [-0.3, -0.25) is 9.69 Å². The summed E-state index contributed by atoms with van der Waals surface area (Å²) in [6, 6.07) is 18.9. The molecule has 2 aromatic heterocycles. The SMILES string of the molecule is CCCCN(Cc1nc2ccccc2n1Cc1ccccc1CN1CCCCC1)C(=O)c1sccc1Cl. The average molecular weight is 535 g/mol. The summed E-state index contributed by atoms with van der Waals surface area (Å²) in [6.07, 6.45) is 5.87. The first-order chi connectivity index (χ1) is 18.1. The lowest BCUT2D eigenvalue weighted by atomic mass is 10.0. The van der Waals surface area contributed by atoms with Gasteiger partial charge in [0, 0.05) is 19.6 Å². The number of unbranched alkanes of at least 4 members (excludes halogenated alkanes) is 1. The van der Waals surface area contributed by atoms with Gasteiger partial charge in [-0.15, -0.1) is 11.3 Å². The molecule has 5 nitrogen and oxygen atoms in total. The molecule has 1 fully saturated rings. The number of halogens is 1. The Hall–Kier alpha value is -2.67. The van der Waals surface area contributed by atoms with Crippen LogP contribution in [0.1, 0.15) is 65.7 Å². The summed E-state index contributed by atoms with van der Waals surface area (Å²) in [5, 5.41) is 2.40. The Morgan fingerprint density at radius 2 is 1.73 bits per heavy atom. The number of fused-ring (bicyclic) bond motifs is 1. The Morgan fingerprint density at radius 1 is 1.00 bits per heavy atom. The van der Waals surface area contributed by atoms with E-state index in [1.165, 1.54) is 54.8 Å². The molecular formula is C30H35ClN4OS. The lowest BCUT2D eigenvalue weighted by molar-refractivity contribution is 0.0740. The second-order valence-electron chi connectivity index (χ2n) is 9.89. The van der Waals surface area contributed by atoms with Crippen molar-refractivity contribution in [3.63, 3.8) is 0 Å². The fourth-order valence-electron chi connectivity index (χ4n) is 5.18. The second kappa shape index (κ2) is 12.2. The highest BCUT2D eigenvalue weighted by Gasteiger charge is 2.23. The molecule has 3 heterocycles. The van der Waals surface area contributed by atoms with Gasteiger partial charge < -0.3 is 9.47 Å². The molecule has 0 radical (unpaired) electrons. The number of aromatic nitrogens is 2. The third-order valence-electron chi connectivity index (χ3n) is 7.24. The first-order valence-electron chi connectivity index (χ1n) is 13.4. The highest BCUT2D eigenvalue weighted by Crippen LogP contribution is 2.26. The maximum Gasteiger partial charge on any atom is 0.265 e. The molecule has 7 heteroatoms. The average Bonchev–Trinajstić information content (AvgIpc) is 3.51. The predicted octanol–water partition coefficient (Wildman–Crippen LogP) is 7.23. The zero-order valence-corrected chi connectivity index (χ0v) is 23.1. The molecule has 194 valence electrons. The minimum atomic E-state index is -0.0162. The molecule has 1 amide bonds. The lowest BCUT2D eigenvalue weighted by Crippen LogP contribution is -2.32. The van der Waals surface area contributed by atoms with Gasteiger partial charge in [-0.1, -0.05) is 67.8 Å².